The molecule has 1 N–H and O–H groups in total. The molecular weight excluding hydrogens is 255 g/mol. The van der Waals surface area contributed by atoms with Crippen LogP contribution in [0.2, 0.25) is 0 Å². The zero-order valence-corrected chi connectivity index (χ0v) is 9.47. The molecule has 0 aromatic heterocycles. The minimum absolute atomic E-state index is 0.0321. The number of benzene rings is 1. The minimum atomic E-state index is -4.79. The van der Waals surface area contributed by atoms with Gasteiger partial charge in [-0.1, -0.05) is 18.2 Å². The van der Waals surface area contributed by atoms with Gasteiger partial charge < -0.3 is 5.11 Å². The van der Waals surface area contributed by atoms with E-state index in [0.717, 1.165) is 18.2 Å². The van der Waals surface area contributed by atoms with E-state index in [1.165, 1.54) is 0 Å². The summed E-state index contributed by atoms with van der Waals surface area (Å²) in [6.45, 7) is -0.253. The van der Waals surface area contributed by atoms with Crippen LogP contribution in [0, 0.1) is 0 Å². The Morgan fingerprint density at radius 2 is 1.44 bits per heavy atom. The molecule has 0 aliphatic heterocycles. The molecule has 0 aliphatic rings. The van der Waals surface area contributed by atoms with E-state index in [9.17, 15) is 22.0 Å². The van der Waals surface area contributed by atoms with Gasteiger partial charge in [0.15, 0.2) is 0 Å². The van der Waals surface area contributed by atoms with Gasteiger partial charge in [0.25, 0.3) is 5.92 Å². The summed E-state index contributed by atoms with van der Waals surface area (Å²) in [7, 11) is 0. The van der Waals surface area contributed by atoms with Crippen LogP contribution in [0.4, 0.5) is 22.0 Å². The quantitative estimate of drug-likeness (QED) is 0.633. The van der Waals surface area contributed by atoms with E-state index >= 15 is 0 Å². The highest BCUT2D eigenvalue weighted by Gasteiger charge is 2.41. The Hall–Kier alpha value is -1.17. The number of halogens is 5. The van der Waals surface area contributed by atoms with Gasteiger partial charge in [0, 0.05) is 18.6 Å². The van der Waals surface area contributed by atoms with Crippen molar-refractivity contribution in [2.24, 2.45) is 0 Å². The van der Waals surface area contributed by atoms with Crippen molar-refractivity contribution in [2.75, 3.05) is 6.61 Å². The van der Waals surface area contributed by atoms with Crippen molar-refractivity contribution in [3.8, 4) is 0 Å². The molecule has 0 fully saturated rings. The van der Waals surface area contributed by atoms with Gasteiger partial charge in [-0.05, 0) is 18.9 Å². The number of alkyl halides is 5. The molecule has 18 heavy (non-hydrogen) atoms. The van der Waals surface area contributed by atoms with Crippen LogP contribution in [0.3, 0.4) is 0 Å². The molecule has 0 spiro atoms. The van der Waals surface area contributed by atoms with Gasteiger partial charge in [0.2, 0.25) is 0 Å². The van der Waals surface area contributed by atoms with Crippen LogP contribution in [-0.4, -0.2) is 11.7 Å². The molecule has 1 nitrogen and oxygen atoms in total. The maximum Gasteiger partial charge on any atom is 0.416 e. The molecule has 102 valence electrons. The predicted molar refractivity (Wildman–Crippen MR) is 56.3 cm³/mol. The zero-order valence-electron chi connectivity index (χ0n) is 9.47. The van der Waals surface area contributed by atoms with Crippen LogP contribution in [0.1, 0.15) is 30.4 Å². The van der Waals surface area contributed by atoms with Crippen LogP contribution in [0.25, 0.3) is 0 Å². The lowest BCUT2D eigenvalue weighted by Crippen LogP contribution is -2.20. The summed E-state index contributed by atoms with van der Waals surface area (Å²) in [5.74, 6) is -3.54. The first-order valence-electron chi connectivity index (χ1n) is 5.44. The Balaban J connectivity index is 3.00. The molecule has 1 aromatic carbocycles. The SMILES string of the molecule is OCCCCC(F)(F)c1ccccc1C(F)(F)F. The number of rotatable bonds is 5. The zero-order chi connectivity index (χ0) is 13.8. The molecule has 1 aromatic rings. The molecular formula is C12H13F5O. The van der Waals surface area contributed by atoms with Crippen LogP contribution in [0.5, 0.6) is 0 Å². The molecule has 0 atom stereocenters. The topological polar surface area (TPSA) is 20.2 Å². The van der Waals surface area contributed by atoms with E-state index < -0.39 is 29.6 Å². The van der Waals surface area contributed by atoms with Crippen molar-refractivity contribution in [1.29, 1.82) is 0 Å². The van der Waals surface area contributed by atoms with Gasteiger partial charge in [-0.15, -0.1) is 0 Å². The van der Waals surface area contributed by atoms with E-state index in [2.05, 4.69) is 0 Å². The third-order valence-corrected chi connectivity index (χ3v) is 2.53. The van der Waals surface area contributed by atoms with Gasteiger partial charge in [-0.2, -0.15) is 13.2 Å². The van der Waals surface area contributed by atoms with E-state index in [1.807, 2.05) is 0 Å². The highest BCUT2D eigenvalue weighted by atomic mass is 19.4. The molecule has 0 amide bonds. The summed E-state index contributed by atoms with van der Waals surface area (Å²) >= 11 is 0. The molecule has 0 saturated carbocycles. The Labute approximate surface area is 101 Å². The third-order valence-electron chi connectivity index (χ3n) is 2.53. The van der Waals surface area contributed by atoms with Crippen LogP contribution >= 0.6 is 0 Å². The summed E-state index contributed by atoms with van der Waals surface area (Å²) in [6, 6.07) is 3.68. The minimum Gasteiger partial charge on any atom is -0.396 e. The van der Waals surface area contributed by atoms with Crippen molar-refractivity contribution in [3.63, 3.8) is 0 Å². The molecule has 0 aliphatic carbocycles. The molecule has 0 radical (unpaired) electrons. The fourth-order valence-corrected chi connectivity index (χ4v) is 1.64. The first-order chi connectivity index (χ1) is 8.29. The van der Waals surface area contributed by atoms with E-state index in [0.29, 0.717) is 6.07 Å². The second kappa shape index (κ2) is 5.65. The predicted octanol–water partition coefficient (Wildman–Crippen LogP) is 3.96. The fourth-order valence-electron chi connectivity index (χ4n) is 1.64. The number of aliphatic hydroxyl groups excluding tert-OH is 1. The van der Waals surface area contributed by atoms with Crippen molar-refractivity contribution < 1.29 is 27.1 Å². The van der Waals surface area contributed by atoms with Gasteiger partial charge in [0.05, 0.1) is 5.56 Å². The second-order valence-corrected chi connectivity index (χ2v) is 3.93. The lowest BCUT2D eigenvalue weighted by Gasteiger charge is -2.21. The number of hydrogen-bond acceptors (Lipinski definition) is 1. The average Bonchev–Trinajstić information content (AvgIpc) is 2.28. The van der Waals surface area contributed by atoms with Crippen molar-refractivity contribution >= 4 is 0 Å². The Morgan fingerprint density at radius 3 is 1.94 bits per heavy atom. The highest BCUT2D eigenvalue weighted by molar-refractivity contribution is 5.33. The van der Waals surface area contributed by atoms with Crippen molar-refractivity contribution in [1.82, 2.24) is 0 Å². The first-order valence-corrected chi connectivity index (χ1v) is 5.44. The largest absolute Gasteiger partial charge is 0.416 e. The van der Waals surface area contributed by atoms with Gasteiger partial charge in [-0.3, -0.25) is 0 Å². The lowest BCUT2D eigenvalue weighted by molar-refractivity contribution is -0.142. The number of hydrogen-bond donors (Lipinski definition) is 1. The molecule has 0 bridgehead atoms. The van der Waals surface area contributed by atoms with Gasteiger partial charge in [-0.25, -0.2) is 8.78 Å². The van der Waals surface area contributed by atoms with Gasteiger partial charge >= 0.3 is 6.18 Å². The summed E-state index contributed by atoms with van der Waals surface area (Å²) in [5, 5.41) is 8.49. The van der Waals surface area contributed by atoms with Crippen LogP contribution in [-0.2, 0) is 12.1 Å². The molecule has 0 unspecified atom stereocenters. The fraction of sp³-hybridized carbons (Fsp3) is 0.500. The molecule has 6 heteroatoms. The Kier molecular flexibility index (Phi) is 4.67. The second-order valence-electron chi connectivity index (χ2n) is 3.93. The summed E-state index contributed by atoms with van der Waals surface area (Å²) < 4.78 is 65.2. The summed E-state index contributed by atoms with van der Waals surface area (Å²) in [6.07, 6.45) is -5.39. The maximum absolute atomic E-state index is 13.7. The Morgan fingerprint density at radius 1 is 0.889 bits per heavy atom. The summed E-state index contributed by atoms with van der Waals surface area (Å²) in [4.78, 5) is 0. The van der Waals surface area contributed by atoms with Crippen molar-refractivity contribution in [3.05, 3.63) is 35.4 Å². The molecule has 1 rings (SSSR count). The van der Waals surface area contributed by atoms with E-state index in [4.69, 9.17) is 5.11 Å². The van der Waals surface area contributed by atoms with Crippen molar-refractivity contribution in [2.45, 2.75) is 31.4 Å². The highest BCUT2D eigenvalue weighted by Crippen LogP contribution is 2.41. The molecule has 0 saturated heterocycles. The number of unbranched alkanes of at least 4 members (excludes halogenated alkanes) is 1. The van der Waals surface area contributed by atoms with E-state index in [1.54, 1.807) is 0 Å². The maximum atomic E-state index is 13.7. The van der Waals surface area contributed by atoms with E-state index in [-0.39, 0.29) is 19.4 Å². The number of aliphatic hydroxyl groups is 1. The lowest BCUT2D eigenvalue weighted by atomic mass is 9.97. The summed E-state index contributed by atoms with van der Waals surface area (Å²) in [5.41, 5.74) is -2.31. The molecule has 0 heterocycles. The van der Waals surface area contributed by atoms with Gasteiger partial charge in [0.1, 0.15) is 0 Å². The van der Waals surface area contributed by atoms with Crippen LogP contribution < -0.4 is 0 Å². The smallest absolute Gasteiger partial charge is 0.396 e. The standard InChI is InChI=1S/C12H13F5O/c13-11(14,7-3-4-8-18)9-5-1-2-6-10(9)12(15,16)17/h1-2,5-6,18H,3-4,7-8H2. The third kappa shape index (κ3) is 3.66. The Bertz CT molecular complexity index is 386. The average molecular weight is 268 g/mol. The monoisotopic (exact) mass is 268 g/mol. The first kappa shape index (κ1) is 14.9. The van der Waals surface area contributed by atoms with Crippen LogP contribution in [0.15, 0.2) is 24.3 Å². The normalized spacial score (nSPS) is 12.8.